The Labute approximate surface area is 145 Å². The lowest BCUT2D eigenvalue weighted by atomic mass is 9.86. The van der Waals surface area contributed by atoms with Crippen molar-refractivity contribution in [1.29, 1.82) is 0 Å². The number of carbonyl (C=O) groups excluding carboxylic acids is 2. The van der Waals surface area contributed by atoms with E-state index in [0.29, 0.717) is 24.4 Å². The number of aliphatic carboxylic acids is 1. The predicted molar refractivity (Wildman–Crippen MR) is 91.9 cm³/mol. The molecule has 0 aromatic carbocycles. The first-order chi connectivity index (χ1) is 11.3. The Morgan fingerprint density at radius 1 is 1.38 bits per heavy atom. The molecule has 1 aromatic heterocycles. The number of hydrogen-bond acceptors (Lipinski definition) is 4. The van der Waals surface area contributed by atoms with Crippen LogP contribution in [0.2, 0.25) is 0 Å². The maximum Gasteiger partial charge on any atom is 0.306 e. The maximum atomic E-state index is 12.8. The molecule has 0 aliphatic carbocycles. The van der Waals surface area contributed by atoms with E-state index in [1.807, 2.05) is 26.2 Å². The van der Waals surface area contributed by atoms with Gasteiger partial charge in [0.25, 0.3) is 5.91 Å². The molecule has 1 aliphatic heterocycles. The fourth-order valence-corrected chi connectivity index (χ4v) is 3.67. The SMILES string of the molecule is CC(C)C(NC(=O)c1cccs1)C(=O)N1CCC(C(=O)O)C(C)C1. The lowest BCUT2D eigenvalue weighted by Gasteiger charge is -2.37. The Bertz CT molecular complexity index is 600. The molecule has 2 N–H and O–H groups in total. The van der Waals surface area contributed by atoms with Gasteiger partial charge in [-0.3, -0.25) is 14.4 Å². The summed E-state index contributed by atoms with van der Waals surface area (Å²) in [6.45, 7) is 6.47. The predicted octanol–water partition coefficient (Wildman–Crippen LogP) is 2.07. The number of carboxylic acids is 1. The lowest BCUT2D eigenvalue weighted by molar-refractivity contribution is -0.149. The van der Waals surface area contributed by atoms with Gasteiger partial charge in [0, 0.05) is 13.1 Å². The molecule has 1 saturated heterocycles. The van der Waals surface area contributed by atoms with E-state index in [2.05, 4.69) is 5.32 Å². The summed E-state index contributed by atoms with van der Waals surface area (Å²) >= 11 is 1.33. The molecule has 7 heteroatoms. The molecule has 1 aromatic rings. The molecule has 6 nitrogen and oxygen atoms in total. The van der Waals surface area contributed by atoms with Crippen LogP contribution in [0, 0.1) is 17.8 Å². The number of carbonyl (C=O) groups is 3. The van der Waals surface area contributed by atoms with Gasteiger partial charge < -0.3 is 15.3 Å². The summed E-state index contributed by atoms with van der Waals surface area (Å²) < 4.78 is 0. The van der Waals surface area contributed by atoms with Gasteiger partial charge in [0.2, 0.25) is 5.91 Å². The Balaban J connectivity index is 2.04. The fourth-order valence-electron chi connectivity index (χ4n) is 3.04. The number of likely N-dealkylation sites (tertiary alicyclic amines) is 1. The highest BCUT2D eigenvalue weighted by Crippen LogP contribution is 2.24. The number of nitrogens with one attached hydrogen (secondary N) is 1. The van der Waals surface area contributed by atoms with E-state index in [1.54, 1.807) is 17.0 Å². The number of amides is 2. The van der Waals surface area contributed by atoms with Gasteiger partial charge in [-0.05, 0) is 29.7 Å². The average molecular weight is 352 g/mol. The molecule has 3 unspecified atom stereocenters. The molecule has 1 fully saturated rings. The highest BCUT2D eigenvalue weighted by molar-refractivity contribution is 7.12. The summed E-state index contributed by atoms with van der Waals surface area (Å²) in [6.07, 6.45) is 0.450. The van der Waals surface area contributed by atoms with Crippen molar-refractivity contribution in [2.75, 3.05) is 13.1 Å². The monoisotopic (exact) mass is 352 g/mol. The maximum absolute atomic E-state index is 12.8. The Morgan fingerprint density at radius 2 is 2.08 bits per heavy atom. The molecule has 3 atom stereocenters. The number of nitrogens with zero attached hydrogens (tertiary/aromatic N) is 1. The highest BCUT2D eigenvalue weighted by Gasteiger charge is 2.36. The van der Waals surface area contributed by atoms with Crippen LogP contribution in [0.4, 0.5) is 0 Å². The van der Waals surface area contributed by atoms with Crippen molar-refractivity contribution in [3.05, 3.63) is 22.4 Å². The van der Waals surface area contributed by atoms with E-state index in [-0.39, 0.29) is 23.7 Å². The van der Waals surface area contributed by atoms with E-state index in [9.17, 15) is 19.5 Å². The normalized spacial score (nSPS) is 22.2. The number of carboxylic acid groups (broad SMARTS) is 1. The summed E-state index contributed by atoms with van der Waals surface area (Å²) in [5.74, 6) is -1.74. The van der Waals surface area contributed by atoms with Crippen LogP contribution in [0.3, 0.4) is 0 Å². The number of hydrogen-bond donors (Lipinski definition) is 2. The van der Waals surface area contributed by atoms with Crippen molar-refractivity contribution in [3.8, 4) is 0 Å². The van der Waals surface area contributed by atoms with Crippen LogP contribution in [-0.2, 0) is 9.59 Å². The molecule has 132 valence electrons. The molecule has 2 heterocycles. The minimum Gasteiger partial charge on any atom is -0.481 e. The van der Waals surface area contributed by atoms with Crippen LogP contribution < -0.4 is 5.32 Å². The summed E-state index contributed by atoms with van der Waals surface area (Å²) in [6, 6.07) is 2.92. The number of thiophene rings is 1. The molecule has 0 saturated carbocycles. The summed E-state index contributed by atoms with van der Waals surface area (Å²) in [4.78, 5) is 38.6. The minimum absolute atomic E-state index is 0.0473. The van der Waals surface area contributed by atoms with Gasteiger partial charge in [-0.15, -0.1) is 11.3 Å². The topological polar surface area (TPSA) is 86.7 Å². The molecule has 1 aliphatic rings. The van der Waals surface area contributed by atoms with Gasteiger partial charge in [0.15, 0.2) is 0 Å². The van der Waals surface area contributed by atoms with Crippen LogP contribution in [-0.4, -0.2) is 46.9 Å². The summed E-state index contributed by atoms with van der Waals surface area (Å²) in [5, 5.41) is 13.8. The molecular formula is C17H24N2O4S. The third-order valence-electron chi connectivity index (χ3n) is 4.50. The molecule has 24 heavy (non-hydrogen) atoms. The molecule has 2 amide bonds. The first-order valence-corrected chi connectivity index (χ1v) is 9.05. The fraction of sp³-hybridized carbons (Fsp3) is 0.588. The summed E-state index contributed by atoms with van der Waals surface area (Å²) in [5.41, 5.74) is 0. The average Bonchev–Trinajstić information content (AvgIpc) is 3.05. The smallest absolute Gasteiger partial charge is 0.306 e. The second kappa shape index (κ2) is 7.79. The zero-order valence-corrected chi connectivity index (χ0v) is 15.0. The molecule has 0 bridgehead atoms. The second-order valence-electron chi connectivity index (χ2n) is 6.67. The van der Waals surface area contributed by atoms with Crippen molar-refractivity contribution in [2.24, 2.45) is 17.8 Å². The van der Waals surface area contributed by atoms with E-state index >= 15 is 0 Å². The van der Waals surface area contributed by atoms with Gasteiger partial charge in [0.1, 0.15) is 6.04 Å². The molecule has 2 rings (SSSR count). The van der Waals surface area contributed by atoms with Crippen LogP contribution >= 0.6 is 11.3 Å². The second-order valence-corrected chi connectivity index (χ2v) is 7.62. The van der Waals surface area contributed by atoms with Crippen LogP contribution in [0.5, 0.6) is 0 Å². The molecule has 0 spiro atoms. The van der Waals surface area contributed by atoms with Gasteiger partial charge in [-0.2, -0.15) is 0 Å². The van der Waals surface area contributed by atoms with Crippen molar-refractivity contribution >= 4 is 29.1 Å². The van der Waals surface area contributed by atoms with Gasteiger partial charge >= 0.3 is 5.97 Å². The van der Waals surface area contributed by atoms with Crippen molar-refractivity contribution in [3.63, 3.8) is 0 Å². The van der Waals surface area contributed by atoms with Crippen molar-refractivity contribution in [1.82, 2.24) is 10.2 Å². The lowest BCUT2D eigenvalue weighted by Crippen LogP contribution is -2.54. The zero-order chi connectivity index (χ0) is 17.9. The van der Waals surface area contributed by atoms with Crippen molar-refractivity contribution in [2.45, 2.75) is 33.2 Å². The van der Waals surface area contributed by atoms with E-state index in [4.69, 9.17) is 0 Å². The first kappa shape index (κ1) is 18.4. The van der Waals surface area contributed by atoms with Crippen molar-refractivity contribution < 1.29 is 19.5 Å². The third kappa shape index (κ3) is 4.14. The van der Waals surface area contributed by atoms with Gasteiger partial charge in [-0.25, -0.2) is 0 Å². The third-order valence-corrected chi connectivity index (χ3v) is 5.37. The van der Waals surface area contributed by atoms with Crippen LogP contribution in [0.15, 0.2) is 17.5 Å². The Hall–Kier alpha value is -1.89. The van der Waals surface area contributed by atoms with Crippen LogP contribution in [0.1, 0.15) is 36.9 Å². The van der Waals surface area contributed by atoms with Gasteiger partial charge in [-0.1, -0.05) is 26.8 Å². The first-order valence-electron chi connectivity index (χ1n) is 8.17. The standard InChI is InChI=1S/C17H24N2O4S/c1-10(2)14(18-15(20)13-5-4-8-24-13)16(21)19-7-6-12(17(22)23)11(3)9-19/h4-5,8,10-12,14H,6-7,9H2,1-3H3,(H,18,20)(H,22,23). The molecule has 0 radical (unpaired) electrons. The van der Waals surface area contributed by atoms with E-state index < -0.39 is 17.9 Å². The Morgan fingerprint density at radius 3 is 2.58 bits per heavy atom. The number of piperidine rings is 1. The highest BCUT2D eigenvalue weighted by atomic mass is 32.1. The zero-order valence-electron chi connectivity index (χ0n) is 14.2. The van der Waals surface area contributed by atoms with Crippen LogP contribution in [0.25, 0.3) is 0 Å². The van der Waals surface area contributed by atoms with E-state index in [0.717, 1.165) is 0 Å². The minimum atomic E-state index is -0.805. The number of rotatable bonds is 5. The Kier molecular flexibility index (Phi) is 5.99. The summed E-state index contributed by atoms with van der Waals surface area (Å²) in [7, 11) is 0. The van der Waals surface area contributed by atoms with Gasteiger partial charge in [0.05, 0.1) is 10.8 Å². The molecular weight excluding hydrogens is 328 g/mol. The largest absolute Gasteiger partial charge is 0.481 e. The van der Waals surface area contributed by atoms with E-state index in [1.165, 1.54) is 11.3 Å². The quantitative estimate of drug-likeness (QED) is 0.849.